The number of carbonyl (C=O) groups is 2. The molecule has 0 spiro atoms. The highest BCUT2D eigenvalue weighted by Gasteiger charge is 2.13. The van der Waals surface area contributed by atoms with E-state index >= 15 is 0 Å². The van der Waals surface area contributed by atoms with Crippen LogP contribution in [0.3, 0.4) is 0 Å². The molecule has 0 atom stereocenters. The van der Waals surface area contributed by atoms with E-state index in [4.69, 9.17) is 0 Å². The summed E-state index contributed by atoms with van der Waals surface area (Å²) in [7, 11) is 0. The second-order valence-corrected chi connectivity index (χ2v) is 6.62. The normalized spacial score (nSPS) is 10.3. The Kier molecular flexibility index (Phi) is 5.36. The van der Waals surface area contributed by atoms with Crippen LogP contribution in [-0.4, -0.2) is 11.8 Å². The van der Waals surface area contributed by atoms with Crippen molar-refractivity contribution in [1.82, 2.24) is 0 Å². The molecule has 0 saturated heterocycles. The molecule has 0 saturated carbocycles. The summed E-state index contributed by atoms with van der Waals surface area (Å²) in [6, 6.07) is 20.1. The van der Waals surface area contributed by atoms with Gasteiger partial charge in [0.2, 0.25) is 0 Å². The predicted molar refractivity (Wildman–Crippen MR) is 109 cm³/mol. The number of nitrogens with one attached hydrogen (secondary N) is 2. The number of para-hydroxylation sites is 1. The third-order valence-corrected chi connectivity index (χ3v) is 4.42. The van der Waals surface area contributed by atoms with Gasteiger partial charge in [0.15, 0.2) is 0 Å². The Bertz CT molecular complexity index is 971. The molecule has 2 N–H and O–H groups in total. The third kappa shape index (κ3) is 4.42. The Balaban J connectivity index is 1.77. The highest BCUT2D eigenvalue weighted by molar-refractivity contribution is 6.09. The van der Waals surface area contributed by atoms with Crippen molar-refractivity contribution in [3.8, 4) is 0 Å². The van der Waals surface area contributed by atoms with Gasteiger partial charge in [-0.15, -0.1) is 0 Å². The Hall–Kier alpha value is -3.40. The van der Waals surface area contributed by atoms with E-state index in [1.165, 1.54) is 0 Å². The van der Waals surface area contributed by atoms with Crippen LogP contribution in [0.2, 0.25) is 0 Å². The molecule has 27 heavy (non-hydrogen) atoms. The van der Waals surface area contributed by atoms with Crippen molar-refractivity contribution in [2.45, 2.75) is 20.8 Å². The highest BCUT2D eigenvalue weighted by atomic mass is 16.2. The number of hydrogen-bond acceptors (Lipinski definition) is 2. The maximum absolute atomic E-state index is 12.6. The number of hydrogen-bond donors (Lipinski definition) is 2. The van der Waals surface area contributed by atoms with Gasteiger partial charge in [-0.05, 0) is 62.2 Å². The van der Waals surface area contributed by atoms with E-state index in [1.807, 2.05) is 63.2 Å². The van der Waals surface area contributed by atoms with Crippen LogP contribution >= 0.6 is 0 Å². The zero-order valence-corrected chi connectivity index (χ0v) is 15.7. The molecule has 0 bridgehead atoms. The molecule has 0 fully saturated rings. The van der Waals surface area contributed by atoms with Crippen molar-refractivity contribution in [2.24, 2.45) is 0 Å². The van der Waals surface area contributed by atoms with Gasteiger partial charge in [0.25, 0.3) is 11.8 Å². The molecule has 0 heterocycles. The summed E-state index contributed by atoms with van der Waals surface area (Å²) in [6.07, 6.45) is 0. The average molecular weight is 358 g/mol. The first-order valence-electron chi connectivity index (χ1n) is 8.79. The average Bonchev–Trinajstić information content (AvgIpc) is 2.66. The molecular formula is C23H22N2O2. The third-order valence-electron chi connectivity index (χ3n) is 4.42. The molecule has 3 rings (SSSR count). The molecule has 0 radical (unpaired) electrons. The molecule has 0 unspecified atom stereocenters. The monoisotopic (exact) mass is 358 g/mol. The molecule has 0 aliphatic heterocycles. The fraction of sp³-hybridized carbons (Fsp3) is 0.130. The van der Waals surface area contributed by atoms with Gasteiger partial charge < -0.3 is 10.6 Å². The first-order valence-corrected chi connectivity index (χ1v) is 8.79. The quantitative estimate of drug-likeness (QED) is 0.680. The molecule has 4 nitrogen and oxygen atoms in total. The van der Waals surface area contributed by atoms with Crippen LogP contribution in [-0.2, 0) is 0 Å². The first kappa shape index (κ1) is 18.4. The van der Waals surface area contributed by atoms with Gasteiger partial charge in [0.05, 0.1) is 0 Å². The summed E-state index contributed by atoms with van der Waals surface area (Å²) in [4.78, 5) is 25.1. The number of rotatable bonds is 4. The molecule has 0 aromatic heterocycles. The van der Waals surface area contributed by atoms with E-state index in [2.05, 4.69) is 10.6 Å². The summed E-state index contributed by atoms with van der Waals surface area (Å²) in [5, 5.41) is 5.80. The fourth-order valence-electron chi connectivity index (χ4n) is 2.84. The van der Waals surface area contributed by atoms with Gasteiger partial charge >= 0.3 is 0 Å². The fourth-order valence-corrected chi connectivity index (χ4v) is 2.84. The van der Waals surface area contributed by atoms with Gasteiger partial charge in [-0.2, -0.15) is 0 Å². The molecule has 4 heteroatoms. The number of aryl methyl sites for hydroxylation is 3. The summed E-state index contributed by atoms with van der Waals surface area (Å²) in [5.41, 5.74) is 5.51. The largest absolute Gasteiger partial charge is 0.322 e. The van der Waals surface area contributed by atoms with Crippen molar-refractivity contribution in [2.75, 3.05) is 10.6 Å². The van der Waals surface area contributed by atoms with Crippen LogP contribution < -0.4 is 10.6 Å². The minimum atomic E-state index is -0.249. The van der Waals surface area contributed by atoms with Crippen molar-refractivity contribution >= 4 is 23.2 Å². The lowest BCUT2D eigenvalue weighted by Gasteiger charge is -2.12. The van der Waals surface area contributed by atoms with Crippen LogP contribution in [0, 0.1) is 20.8 Å². The molecule has 0 aliphatic rings. The first-order chi connectivity index (χ1) is 12.9. The van der Waals surface area contributed by atoms with E-state index in [0.717, 1.165) is 28.1 Å². The molecule has 136 valence electrons. The summed E-state index contributed by atoms with van der Waals surface area (Å²) < 4.78 is 0. The lowest BCUT2D eigenvalue weighted by atomic mass is 10.1. The van der Waals surface area contributed by atoms with Crippen LogP contribution in [0.15, 0.2) is 66.7 Å². The topological polar surface area (TPSA) is 58.2 Å². The maximum Gasteiger partial charge on any atom is 0.255 e. The van der Waals surface area contributed by atoms with Gasteiger partial charge in [-0.25, -0.2) is 0 Å². The molecule has 2 amide bonds. The van der Waals surface area contributed by atoms with Crippen molar-refractivity contribution in [3.63, 3.8) is 0 Å². The molecule has 0 aliphatic carbocycles. The molecule has 3 aromatic rings. The second-order valence-electron chi connectivity index (χ2n) is 6.62. The summed E-state index contributed by atoms with van der Waals surface area (Å²) >= 11 is 0. The van der Waals surface area contributed by atoms with E-state index < -0.39 is 0 Å². The second kappa shape index (κ2) is 7.87. The van der Waals surface area contributed by atoms with Crippen LogP contribution in [0.1, 0.15) is 37.4 Å². The number of anilines is 2. The minimum absolute atomic E-state index is 0.239. The molecular weight excluding hydrogens is 336 g/mol. The minimum Gasteiger partial charge on any atom is -0.322 e. The van der Waals surface area contributed by atoms with Gasteiger partial charge in [0.1, 0.15) is 0 Å². The van der Waals surface area contributed by atoms with Gasteiger partial charge in [0, 0.05) is 22.5 Å². The van der Waals surface area contributed by atoms with E-state index in [1.54, 1.807) is 24.3 Å². The number of carbonyl (C=O) groups excluding carboxylic acids is 2. The smallest absolute Gasteiger partial charge is 0.255 e. The SMILES string of the molecule is Cc1ccc(NC(=O)c2cccc(C(=O)Nc3c(C)cccc3C)c2)cc1. The maximum atomic E-state index is 12.6. The molecule has 3 aromatic carbocycles. The highest BCUT2D eigenvalue weighted by Crippen LogP contribution is 2.20. The van der Waals surface area contributed by atoms with Gasteiger partial charge in [-0.3, -0.25) is 9.59 Å². The van der Waals surface area contributed by atoms with E-state index in [0.29, 0.717) is 11.1 Å². The van der Waals surface area contributed by atoms with Crippen LogP contribution in [0.4, 0.5) is 11.4 Å². The number of amides is 2. The summed E-state index contributed by atoms with van der Waals surface area (Å²) in [5.74, 6) is -0.488. The standard InChI is InChI=1S/C23H22N2O2/c1-15-10-12-20(13-11-15)24-22(26)18-8-5-9-19(14-18)23(27)25-21-16(2)6-4-7-17(21)3/h4-14H,1-3H3,(H,24,26)(H,25,27). The van der Waals surface area contributed by atoms with E-state index in [9.17, 15) is 9.59 Å². The van der Waals surface area contributed by atoms with Gasteiger partial charge in [-0.1, -0.05) is 42.0 Å². The Morgan fingerprint density at radius 1 is 0.667 bits per heavy atom. The van der Waals surface area contributed by atoms with Crippen LogP contribution in [0.25, 0.3) is 0 Å². The zero-order chi connectivity index (χ0) is 19.4. The summed E-state index contributed by atoms with van der Waals surface area (Å²) in [6.45, 7) is 5.89. The lowest BCUT2D eigenvalue weighted by Crippen LogP contribution is -2.16. The number of benzene rings is 3. The van der Waals surface area contributed by atoms with Crippen LogP contribution in [0.5, 0.6) is 0 Å². The Labute approximate surface area is 159 Å². The van der Waals surface area contributed by atoms with Crippen molar-refractivity contribution in [3.05, 3.63) is 94.5 Å². The Morgan fingerprint density at radius 3 is 1.78 bits per heavy atom. The Morgan fingerprint density at radius 2 is 1.19 bits per heavy atom. The van der Waals surface area contributed by atoms with Crippen molar-refractivity contribution < 1.29 is 9.59 Å². The zero-order valence-electron chi connectivity index (χ0n) is 15.7. The van der Waals surface area contributed by atoms with E-state index in [-0.39, 0.29) is 11.8 Å². The lowest BCUT2D eigenvalue weighted by molar-refractivity contribution is 0.102. The predicted octanol–water partition coefficient (Wildman–Crippen LogP) is 5.12. The van der Waals surface area contributed by atoms with Crippen molar-refractivity contribution in [1.29, 1.82) is 0 Å².